The first-order chi connectivity index (χ1) is 6.56. The molecule has 0 saturated heterocycles. The van der Waals surface area contributed by atoms with Gasteiger partial charge in [-0.3, -0.25) is 4.79 Å². The van der Waals surface area contributed by atoms with E-state index in [1.807, 2.05) is 0 Å². The van der Waals surface area contributed by atoms with E-state index in [9.17, 15) is 4.79 Å². The van der Waals surface area contributed by atoms with Gasteiger partial charge in [-0.2, -0.15) is 0 Å². The highest BCUT2D eigenvalue weighted by Gasteiger charge is 2.18. The number of nitrogens with two attached hydrogens (primary N) is 1. The zero-order valence-electron chi connectivity index (χ0n) is 7.55. The molecule has 0 aliphatic carbocycles. The van der Waals surface area contributed by atoms with Crippen molar-refractivity contribution in [1.29, 1.82) is 0 Å². The molecular formula is C9H10Cl2N2O. The minimum atomic E-state index is -0.610. The summed E-state index contributed by atoms with van der Waals surface area (Å²) in [7, 11) is 1.63. The predicted molar refractivity (Wildman–Crippen MR) is 57.5 cm³/mol. The van der Waals surface area contributed by atoms with Gasteiger partial charge in [0, 0.05) is 10.0 Å². The molecule has 3 nitrogen and oxygen atoms in total. The molecule has 0 saturated carbocycles. The number of carbonyl (C=O) groups excluding carboxylic acids is 1. The molecule has 1 aromatic carbocycles. The Labute approximate surface area is 92.2 Å². The highest BCUT2D eigenvalue weighted by Crippen LogP contribution is 2.25. The summed E-state index contributed by atoms with van der Waals surface area (Å²) >= 11 is 11.7. The third kappa shape index (κ3) is 2.38. The molecule has 0 bridgehead atoms. The van der Waals surface area contributed by atoms with Crippen molar-refractivity contribution in [3.05, 3.63) is 33.8 Å². The van der Waals surface area contributed by atoms with E-state index in [0.717, 1.165) is 0 Å². The summed E-state index contributed by atoms with van der Waals surface area (Å²) in [6, 6.07) is 4.30. The zero-order valence-corrected chi connectivity index (χ0v) is 9.06. The average molecular weight is 233 g/mol. The Morgan fingerprint density at radius 1 is 1.50 bits per heavy atom. The zero-order chi connectivity index (χ0) is 10.7. The van der Waals surface area contributed by atoms with Gasteiger partial charge in [0.1, 0.15) is 6.04 Å². The van der Waals surface area contributed by atoms with Crippen LogP contribution in [-0.4, -0.2) is 13.0 Å². The van der Waals surface area contributed by atoms with Crippen LogP contribution >= 0.6 is 23.2 Å². The van der Waals surface area contributed by atoms with Crippen molar-refractivity contribution < 1.29 is 4.79 Å². The molecule has 1 atom stereocenters. The van der Waals surface area contributed by atoms with E-state index in [2.05, 4.69) is 5.32 Å². The second kappa shape index (κ2) is 4.64. The Kier molecular flexibility index (Phi) is 3.75. The lowest BCUT2D eigenvalue weighted by Crippen LogP contribution is -2.31. The van der Waals surface area contributed by atoms with Gasteiger partial charge < -0.3 is 11.1 Å². The quantitative estimate of drug-likeness (QED) is 0.835. The van der Waals surface area contributed by atoms with E-state index in [-0.39, 0.29) is 0 Å². The third-order valence-electron chi connectivity index (χ3n) is 1.84. The number of hydrogen-bond donors (Lipinski definition) is 2. The van der Waals surface area contributed by atoms with E-state index in [1.54, 1.807) is 25.2 Å². The van der Waals surface area contributed by atoms with Crippen molar-refractivity contribution in [3.8, 4) is 0 Å². The van der Waals surface area contributed by atoms with Gasteiger partial charge in [0.05, 0.1) is 0 Å². The first kappa shape index (κ1) is 11.3. The normalized spacial score (nSPS) is 12.5. The first-order valence-corrected chi connectivity index (χ1v) is 4.73. The minimum absolute atomic E-state index is 0.465. The van der Waals surface area contributed by atoms with Gasteiger partial charge in [0.2, 0.25) is 5.91 Å². The van der Waals surface area contributed by atoms with Crippen LogP contribution in [0.4, 0.5) is 0 Å². The van der Waals surface area contributed by atoms with Crippen LogP contribution in [0.1, 0.15) is 11.6 Å². The van der Waals surface area contributed by atoms with Crippen LogP contribution in [0.5, 0.6) is 0 Å². The minimum Gasteiger partial charge on any atom is -0.368 e. The van der Waals surface area contributed by atoms with Crippen LogP contribution in [-0.2, 0) is 4.79 Å². The van der Waals surface area contributed by atoms with Crippen LogP contribution in [0.15, 0.2) is 18.2 Å². The fraction of sp³-hybridized carbons (Fsp3) is 0.222. The molecular weight excluding hydrogens is 223 g/mol. The summed E-state index contributed by atoms with van der Waals surface area (Å²) in [5, 5.41) is 3.75. The molecule has 0 radical (unpaired) electrons. The Hall–Kier alpha value is -0.770. The Morgan fingerprint density at radius 3 is 2.64 bits per heavy atom. The van der Waals surface area contributed by atoms with Crippen LogP contribution in [0.25, 0.3) is 0 Å². The van der Waals surface area contributed by atoms with Gasteiger partial charge in [-0.15, -0.1) is 0 Å². The number of halogens is 2. The number of likely N-dealkylation sites (N-methyl/N-ethyl adjacent to an activating group) is 1. The Bertz CT molecular complexity index is 355. The first-order valence-electron chi connectivity index (χ1n) is 3.97. The predicted octanol–water partition coefficient (Wildman–Crippen LogP) is 1.74. The summed E-state index contributed by atoms with van der Waals surface area (Å²) in [6.45, 7) is 0. The number of rotatable bonds is 3. The summed E-state index contributed by atoms with van der Waals surface area (Å²) in [6.07, 6.45) is 0. The van der Waals surface area contributed by atoms with E-state index in [0.29, 0.717) is 15.6 Å². The van der Waals surface area contributed by atoms with Crippen LogP contribution in [0.3, 0.4) is 0 Å². The number of hydrogen-bond acceptors (Lipinski definition) is 2. The summed E-state index contributed by atoms with van der Waals surface area (Å²) in [5.41, 5.74) is 5.79. The maximum Gasteiger partial charge on any atom is 0.239 e. The molecule has 0 fully saturated rings. The Morgan fingerprint density at radius 2 is 2.14 bits per heavy atom. The van der Waals surface area contributed by atoms with Crippen molar-refractivity contribution in [2.75, 3.05) is 7.05 Å². The SMILES string of the molecule is CNC(C(N)=O)c1cc(Cl)ccc1Cl. The lowest BCUT2D eigenvalue weighted by molar-refractivity contribution is -0.120. The largest absolute Gasteiger partial charge is 0.368 e. The molecule has 1 aromatic rings. The summed E-state index contributed by atoms with van der Waals surface area (Å²) in [5.74, 6) is -0.489. The van der Waals surface area contributed by atoms with Crippen LogP contribution in [0.2, 0.25) is 10.0 Å². The van der Waals surface area contributed by atoms with Gasteiger partial charge in [-0.05, 0) is 30.8 Å². The molecule has 0 spiro atoms. The lowest BCUT2D eigenvalue weighted by atomic mass is 10.1. The maximum absolute atomic E-state index is 11.1. The van der Waals surface area contributed by atoms with Gasteiger partial charge >= 0.3 is 0 Å². The van der Waals surface area contributed by atoms with Crippen molar-refractivity contribution in [1.82, 2.24) is 5.32 Å². The van der Waals surface area contributed by atoms with E-state index in [1.165, 1.54) is 0 Å². The number of amides is 1. The lowest BCUT2D eigenvalue weighted by Gasteiger charge is -2.14. The van der Waals surface area contributed by atoms with Gasteiger partial charge in [0.15, 0.2) is 0 Å². The van der Waals surface area contributed by atoms with Crippen molar-refractivity contribution >= 4 is 29.1 Å². The molecule has 3 N–H and O–H groups in total. The summed E-state index contributed by atoms with van der Waals surface area (Å²) in [4.78, 5) is 11.1. The molecule has 76 valence electrons. The fourth-order valence-electron chi connectivity index (χ4n) is 1.19. The standard InChI is InChI=1S/C9H10Cl2N2O/c1-13-8(9(12)14)6-4-5(10)2-3-7(6)11/h2-4,8,13H,1H3,(H2,12,14). The molecule has 1 amide bonds. The molecule has 1 rings (SSSR count). The smallest absolute Gasteiger partial charge is 0.239 e. The van der Waals surface area contributed by atoms with E-state index in [4.69, 9.17) is 28.9 Å². The van der Waals surface area contributed by atoms with Gasteiger partial charge in [0.25, 0.3) is 0 Å². The molecule has 0 heterocycles. The molecule has 0 aliphatic rings. The van der Waals surface area contributed by atoms with Gasteiger partial charge in [-0.25, -0.2) is 0 Å². The number of primary amides is 1. The monoisotopic (exact) mass is 232 g/mol. The van der Waals surface area contributed by atoms with Crippen molar-refractivity contribution in [2.45, 2.75) is 6.04 Å². The average Bonchev–Trinajstić information content (AvgIpc) is 2.11. The third-order valence-corrected chi connectivity index (χ3v) is 2.42. The van der Waals surface area contributed by atoms with Crippen molar-refractivity contribution in [3.63, 3.8) is 0 Å². The number of benzene rings is 1. The highest BCUT2D eigenvalue weighted by atomic mass is 35.5. The van der Waals surface area contributed by atoms with E-state index < -0.39 is 11.9 Å². The van der Waals surface area contributed by atoms with Gasteiger partial charge in [-0.1, -0.05) is 23.2 Å². The molecule has 0 aromatic heterocycles. The van der Waals surface area contributed by atoms with Crippen molar-refractivity contribution in [2.24, 2.45) is 5.73 Å². The van der Waals surface area contributed by atoms with Crippen LogP contribution < -0.4 is 11.1 Å². The fourth-order valence-corrected chi connectivity index (χ4v) is 1.59. The highest BCUT2D eigenvalue weighted by molar-refractivity contribution is 6.33. The number of nitrogens with one attached hydrogen (secondary N) is 1. The second-order valence-corrected chi connectivity index (χ2v) is 3.63. The molecule has 14 heavy (non-hydrogen) atoms. The van der Waals surface area contributed by atoms with Crippen LogP contribution in [0, 0.1) is 0 Å². The molecule has 5 heteroatoms. The Balaban J connectivity index is 3.15. The second-order valence-electron chi connectivity index (χ2n) is 2.79. The maximum atomic E-state index is 11.1. The topological polar surface area (TPSA) is 55.1 Å². The number of carbonyl (C=O) groups is 1. The summed E-state index contributed by atoms with van der Waals surface area (Å²) < 4.78 is 0. The molecule has 0 aliphatic heterocycles. The van der Waals surface area contributed by atoms with E-state index >= 15 is 0 Å². The molecule has 1 unspecified atom stereocenters.